The molecule has 0 amide bonds. The first-order valence-corrected chi connectivity index (χ1v) is 7.46. The normalized spacial score (nSPS) is 16.4. The van der Waals surface area contributed by atoms with Crippen molar-refractivity contribution < 1.29 is 26.7 Å². The Kier molecular flexibility index (Phi) is 3.73. The van der Waals surface area contributed by atoms with Crippen molar-refractivity contribution in [3.05, 3.63) is 18.2 Å². The van der Waals surface area contributed by atoms with Crippen LogP contribution in [0.4, 0.5) is 14.5 Å². The van der Waals surface area contributed by atoms with Gasteiger partial charge >= 0.3 is 6.29 Å². The highest BCUT2D eigenvalue weighted by Gasteiger charge is 2.43. The summed E-state index contributed by atoms with van der Waals surface area (Å²) in [6.07, 6.45) is -3.43. The Labute approximate surface area is 113 Å². The Morgan fingerprint density at radius 2 is 1.95 bits per heavy atom. The molecule has 1 aliphatic rings. The maximum Gasteiger partial charge on any atom is 0.586 e. The first-order chi connectivity index (χ1) is 8.81. The molecule has 1 aromatic carbocycles. The minimum atomic E-state index is -3.72. The number of nitrogens with one attached hydrogen (secondary N) is 1. The number of hydrogen-bond acceptors (Lipinski definition) is 4. The molecule has 106 valence electrons. The van der Waals surface area contributed by atoms with Crippen LogP contribution in [-0.2, 0) is 10.0 Å². The number of alkyl halides is 3. The first-order valence-electron chi connectivity index (χ1n) is 5.28. The van der Waals surface area contributed by atoms with Gasteiger partial charge in [0, 0.05) is 11.9 Å². The Balaban J connectivity index is 2.12. The van der Waals surface area contributed by atoms with E-state index in [1.807, 2.05) is 0 Å². The maximum atomic E-state index is 12.8. The number of ether oxygens (including phenoxy) is 2. The minimum Gasteiger partial charge on any atom is -0.395 e. The van der Waals surface area contributed by atoms with E-state index in [-0.39, 0.29) is 28.8 Å². The number of fused-ring (bicyclic) bond motifs is 1. The fourth-order valence-electron chi connectivity index (χ4n) is 1.49. The van der Waals surface area contributed by atoms with Crippen molar-refractivity contribution >= 4 is 27.3 Å². The molecular formula is C10H10ClF2NO4S. The van der Waals surface area contributed by atoms with Crippen molar-refractivity contribution in [2.75, 3.05) is 16.4 Å². The quantitative estimate of drug-likeness (QED) is 0.848. The maximum absolute atomic E-state index is 12.8. The van der Waals surface area contributed by atoms with Crippen LogP contribution in [0.2, 0.25) is 0 Å². The van der Waals surface area contributed by atoms with Crippen LogP contribution in [0.25, 0.3) is 0 Å². The third-order valence-electron chi connectivity index (χ3n) is 2.22. The van der Waals surface area contributed by atoms with Crippen molar-refractivity contribution in [2.24, 2.45) is 0 Å². The molecule has 5 nitrogen and oxygen atoms in total. The lowest BCUT2D eigenvalue weighted by Gasteiger charge is -2.07. The van der Waals surface area contributed by atoms with E-state index in [4.69, 9.17) is 11.6 Å². The minimum absolute atomic E-state index is 0.120. The summed E-state index contributed by atoms with van der Waals surface area (Å²) in [5, 5.41) is 0. The molecule has 0 unspecified atom stereocenters. The topological polar surface area (TPSA) is 64.6 Å². The zero-order valence-electron chi connectivity index (χ0n) is 9.53. The lowest BCUT2D eigenvalue weighted by Crippen LogP contribution is -2.25. The second-order valence-corrected chi connectivity index (χ2v) is 6.01. The second kappa shape index (κ2) is 5.01. The predicted octanol–water partition coefficient (Wildman–Crippen LogP) is 2.38. The van der Waals surface area contributed by atoms with Gasteiger partial charge < -0.3 is 9.47 Å². The Hall–Kier alpha value is -1.28. The Morgan fingerprint density at radius 3 is 2.63 bits per heavy atom. The van der Waals surface area contributed by atoms with Gasteiger partial charge in [-0.15, -0.1) is 20.4 Å². The van der Waals surface area contributed by atoms with Crippen LogP contribution in [0, 0.1) is 0 Å². The van der Waals surface area contributed by atoms with Gasteiger partial charge in [-0.05, 0) is 18.6 Å². The van der Waals surface area contributed by atoms with Crippen molar-refractivity contribution in [3.8, 4) is 11.5 Å². The fourth-order valence-corrected chi connectivity index (χ4v) is 2.89. The van der Waals surface area contributed by atoms with Crippen LogP contribution in [0.5, 0.6) is 11.5 Å². The third kappa shape index (κ3) is 3.60. The van der Waals surface area contributed by atoms with E-state index in [1.165, 1.54) is 12.1 Å². The summed E-state index contributed by atoms with van der Waals surface area (Å²) in [6.45, 7) is 0. The summed E-state index contributed by atoms with van der Waals surface area (Å²) in [6, 6.07) is 3.64. The molecule has 0 spiro atoms. The molecule has 0 saturated carbocycles. The Morgan fingerprint density at radius 1 is 1.26 bits per heavy atom. The van der Waals surface area contributed by atoms with Crippen LogP contribution in [0.1, 0.15) is 6.42 Å². The largest absolute Gasteiger partial charge is 0.586 e. The molecule has 19 heavy (non-hydrogen) atoms. The number of benzene rings is 1. The monoisotopic (exact) mass is 313 g/mol. The van der Waals surface area contributed by atoms with Gasteiger partial charge in [-0.25, -0.2) is 8.42 Å². The smallest absolute Gasteiger partial charge is 0.395 e. The van der Waals surface area contributed by atoms with Gasteiger partial charge in [0.1, 0.15) is 0 Å². The van der Waals surface area contributed by atoms with Gasteiger partial charge in [-0.1, -0.05) is 0 Å². The van der Waals surface area contributed by atoms with Crippen LogP contribution in [0.15, 0.2) is 18.2 Å². The summed E-state index contributed by atoms with van der Waals surface area (Å²) >= 11 is 5.41. The molecule has 0 aliphatic carbocycles. The predicted molar refractivity (Wildman–Crippen MR) is 65.4 cm³/mol. The molecule has 0 saturated heterocycles. The SMILES string of the molecule is O=S(=O)(CCCCl)Nc1ccc2c(c1)OC(F)(F)O2. The summed E-state index contributed by atoms with van der Waals surface area (Å²) in [5.41, 5.74) is 0.120. The van der Waals surface area contributed by atoms with Crippen LogP contribution in [0.3, 0.4) is 0 Å². The highest BCUT2D eigenvalue weighted by atomic mass is 35.5. The number of halogens is 3. The lowest BCUT2D eigenvalue weighted by atomic mass is 10.3. The van der Waals surface area contributed by atoms with Crippen LogP contribution >= 0.6 is 11.6 Å². The molecule has 0 bridgehead atoms. The summed E-state index contributed by atoms with van der Waals surface area (Å²) in [7, 11) is -3.56. The van der Waals surface area contributed by atoms with E-state index < -0.39 is 16.3 Å². The van der Waals surface area contributed by atoms with Crippen molar-refractivity contribution in [3.63, 3.8) is 0 Å². The third-order valence-corrected chi connectivity index (χ3v) is 3.86. The zero-order valence-corrected chi connectivity index (χ0v) is 11.1. The summed E-state index contributed by atoms with van der Waals surface area (Å²) < 4.78 is 59.4. The molecule has 1 N–H and O–H groups in total. The van der Waals surface area contributed by atoms with Crippen molar-refractivity contribution in [2.45, 2.75) is 12.7 Å². The van der Waals surface area contributed by atoms with Gasteiger partial charge in [0.25, 0.3) is 0 Å². The van der Waals surface area contributed by atoms with Gasteiger partial charge in [-0.3, -0.25) is 4.72 Å². The summed E-state index contributed by atoms with van der Waals surface area (Å²) in [4.78, 5) is 0. The average molecular weight is 314 g/mol. The van der Waals surface area contributed by atoms with E-state index in [2.05, 4.69) is 14.2 Å². The number of anilines is 1. The average Bonchev–Trinajstić information content (AvgIpc) is 2.59. The molecule has 1 aromatic rings. The van der Waals surface area contributed by atoms with Gasteiger partial charge in [0.2, 0.25) is 10.0 Å². The van der Waals surface area contributed by atoms with Gasteiger partial charge in [0.05, 0.1) is 11.4 Å². The first kappa shape index (κ1) is 14.1. The van der Waals surface area contributed by atoms with E-state index in [0.29, 0.717) is 6.42 Å². The molecule has 0 radical (unpaired) electrons. The number of sulfonamides is 1. The standard InChI is InChI=1S/C10H10ClF2NO4S/c11-4-1-5-19(15,16)14-7-2-3-8-9(6-7)18-10(12,13)17-8/h2-3,6,14H,1,4-5H2. The lowest BCUT2D eigenvalue weighted by molar-refractivity contribution is -0.286. The molecule has 2 rings (SSSR count). The van der Waals surface area contributed by atoms with Crippen LogP contribution in [-0.4, -0.2) is 26.3 Å². The summed E-state index contributed by atoms with van der Waals surface area (Å²) in [5.74, 6) is -0.300. The van der Waals surface area contributed by atoms with E-state index in [9.17, 15) is 17.2 Å². The van der Waals surface area contributed by atoms with E-state index in [0.717, 1.165) is 6.07 Å². The fraction of sp³-hybridized carbons (Fsp3) is 0.400. The molecule has 1 aliphatic heterocycles. The van der Waals surface area contributed by atoms with Gasteiger partial charge in [0.15, 0.2) is 11.5 Å². The number of hydrogen-bond donors (Lipinski definition) is 1. The van der Waals surface area contributed by atoms with Crippen molar-refractivity contribution in [1.82, 2.24) is 0 Å². The van der Waals surface area contributed by atoms with E-state index in [1.54, 1.807) is 0 Å². The molecule has 1 heterocycles. The van der Waals surface area contributed by atoms with Crippen LogP contribution < -0.4 is 14.2 Å². The highest BCUT2D eigenvalue weighted by molar-refractivity contribution is 7.92. The van der Waals surface area contributed by atoms with Gasteiger partial charge in [-0.2, -0.15) is 0 Å². The molecular weight excluding hydrogens is 304 g/mol. The highest BCUT2D eigenvalue weighted by Crippen LogP contribution is 2.42. The zero-order chi connectivity index (χ0) is 14.1. The second-order valence-electron chi connectivity index (χ2n) is 3.79. The molecule has 0 fully saturated rings. The Bertz CT molecular complexity index is 579. The molecule has 0 aromatic heterocycles. The number of rotatable bonds is 5. The van der Waals surface area contributed by atoms with Crippen molar-refractivity contribution in [1.29, 1.82) is 0 Å². The van der Waals surface area contributed by atoms with E-state index >= 15 is 0 Å². The molecule has 9 heteroatoms. The molecule has 0 atom stereocenters.